The van der Waals surface area contributed by atoms with E-state index in [-0.39, 0.29) is 0 Å². The third-order valence-electron chi connectivity index (χ3n) is 3.54. The summed E-state index contributed by atoms with van der Waals surface area (Å²) in [4.78, 5) is 11.0. The lowest BCUT2D eigenvalue weighted by Gasteiger charge is -2.32. The summed E-state index contributed by atoms with van der Waals surface area (Å²) in [7, 11) is 2.18. The molecule has 4 nitrogen and oxygen atoms in total. The van der Waals surface area contributed by atoms with Crippen LogP contribution in [0.25, 0.3) is 0 Å². The summed E-state index contributed by atoms with van der Waals surface area (Å²) in [5.41, 5.74) is 6.80. The van der Waals surface area contributed by atoms with Crippen LogP contribution < -0.4 is 5.73 Å². The molecular formula is C13H22N4S2. The Kier molecular flexibility index (Phi) is 5.27. The average Bonchev–Trinajstić information content (AvgIpc) is 2.81. The molecule has 1 aliphatic heterocycles. The molecule has 106 valence electrons. The van der Waals surface area contributed by atoms with Gasteiger partial charge in [-0.15, -0.1) is 11.3 Å². The van der Waals surface area contributed by atoms with Crippen LogP contribution in [-0.4, -0.2) is 59.5 Å². The first-order valence-electron chi connectivity index (χ1n) is 6.79. The van der Waals surface area contributed by atoms with Crippen molar-refractivity contribution >= 4 is 28.5 Å². The van der Waals surface area contributed by atoms with Crippen molar-refractivity contribution in [2.24, 2.45) is 5.73 Å². The van der Waals surface area contributed by atoms with Gasteiger partial charge in [0.05, 0.1) is 15.6 Å². The van der Waals surface area contributed by atoms with E-state index in [2.05, 4.69) is 28.8 Å². The van der Waals surface area contributed by atoms with E-state index in [9.17, 15) is 0 Å². The zero-order valence-electron chi connectivity index (χ0n) is 11.7. The van der Waals surface area contributed by atoms with Crippen LogP contribution in [0.5, 0.6) is 0 Å². The molecule has 2 rings (SSSR count). The topological polar surface area (TPSA) is 45.4 Å². The summed E-state index contributed by atoms with van der Waals surface area (Å²) in [5.74, 6) is 0. The smallest absolute Gasteiger partial charge is 0.116 e. The van der Waals surface area contributed by atoms with Gasteiger partial charge >= 0.3 is 0 Å². The predicted molar refractivity (Wildman–Crippen MR) is 85.0 cm³/mol. The van der Waals surface area contributed by atoms with Crippen molar-refractivity contribution in [3.05, 3.63) is 15.6 Å². The Balaban J connectivity index is 1.91. The fraction of sp³-hybridized carbons (Fsp3) is 0.692. The Labute approximate surface area is 124 Å². The molecule has 0 unspecified atom stereocenters. The van der Waals surface area contributed by atoms with E-state index in [0.717, 1.165) is 56.1 Å². The molecule has 2 heterocycles. The second-order valence-electron chi connectivity index (χ2n) is 5.00. The molecule has 6 heteroatoms. The van der Waals surface area contributed by atoms with Crippen molar-refractivity contribution in [3.63, 3.8) is 0 Å². The maximum absolute atomic E-state index is 5.74. The maximum Gasteiger partial charge on any atom is 0.116 e. The van der Waals surface area contributed by atoms with Crippen molar-refractivity contribution < 1.29 is 0 Å². The van der Waals surface area contributed by atoms with Crippen LogP contribution in [0.3, 0.4) is 0 Å². The molecule has 19 heavy (non-hydrogen) atoms. The van der Waals surface area contributed by atoms with E-state index in [1.165, 1.54) is 5.01 Å². The van der Waals surface area contributed by atoms with E-state index in [4.69, 9.17) is 18.0 Å². The SMILES string of the molecule is CCc1nc(CCN2CCN(C)CC2)sc1C(N)=S. The molecule has 0 bridgehead atoms. The Morgan fingerprint density at radius 2 is 2.05 bits per heavy atom. The third-order valence-corrected chi connectivity index (χ3v) is 5.06. The van der Waals surface area contributed by atoms with E-state index in [0.29, 0.717) is 4.99 Å². The average molecular weight is 298 g/mol. The number of thiazole rings is 1. The van der Waals surface area contributed by atoms with Crippen LogP contribution in [0.15, 0.2) is 0 Å². The zero-order chi connectivity index (χ0) is 13.8. The normalized spacial score (nSPS) is 17.8. The van der Waals surface area contributed by atoms with Gasteiger partial charge in [-0.2, -0.15) is 0 Å². The summed E-state index contributed by atoms with van der Waals surface area (Å²) in [6, 6.07) is 0. The molecule has 0 amide bonds. The molecule has 2 N–H and O–H groups in total. The van der Waals surface area contributed by atoms with Gasteiger partial charge in [-0.3, -0.25) is 0 Å². The lowest BCUT2D eigenvalue weighted by atomic mass is 10.3. The van der Waals surface area contributed by atoms with Crippen LogP contribution >= 0.6 is 23.6 Å². The van der Waals surface area contributed by atoms with Crippen molar-refractivity contribution in [1.82, 2.24) is 14.8 Å². The first kappa shape index (κ1) is 14.8. The zero-order valence-corrected chi connectivity index (χ0v) is 13.3. The van der Waals surface area contributed by atoms with Gasteiger partial charge in [0, 0.05) is 39.1 Å². The lowest BCUT2D eigenvalue weighted by Crippen LogP contribution is -2.45. The van der Waals surface area contributed by atoms with E-state index < -0.39 is 0 Å². The highest BCUT2D eigenvalue weighted by Gasteiger charge is 2.16. The summed E-state index contributed by atoms with van der Waals surface area (Å²) >= 11 is 6.75. The lowest BCUT2D eigenvalue weighted by molar-refractivity contribution is 0.155. The minimum absolute atomic E-state index is 0.486. The second-order valence-corrected chi connectivity index (χ2v) is 6.52. The summed E-state index contributed by atoms with van der Waals surface area (Å²) in [6.45, 7) is 7.82. The molecule has 1 saturated heterocycles. The van der Waals surface area contributed by atoms with Gasteiger partial charge in [-0.05, 0) is 13.5 Å². The summed E-state index contributed by atoms with van der Waals surface area (Å²) < 4.78 is 0. The van der Waals surface area contributed by atoms with Crippen molar-refractivity contribution in [1.29, 1.82) is 0 Å². The summed E-state index contributed by atoms with van der Waals surface area (Å²) in [6.07, 6.45) is 1.90. The van der Waals surface area contributed by atoms with Crippen molar-refractivity contribution in [2.45, 2.75) is 19.8 Å². The number of nitrogens with zero attached hydrogens (tertiary/aromatic N) is 3. The van der Waals surface area contributed by atoms with Gasteiger partial charge < -0.3 is 15.5 Å². The number of hydrogen-bond acceptors (Lipinski definition) is 5. The molecule has 0 saturated carbocycles. The molecule has 0 radical (unpaired) electrons. The first-order valence-corrected chi connectivity index (χ1v) is 8.02. The second kappa shape index (κ2) is 6.74. The Morgan fingerprint density at radius 1 is 1.37 bits per heavy atom. The number of likely N-dealkylation sites (N-methyl/N-ethyl adjacent to an activating group) is 1. The van der Waals surface area contributed by atoms with Crippen LogP contribution in [0.4, 0.5) is 0 Å². The van der Waals surface area contributed by atoms with Crippen LogP contribution in [0, 0.1) is 0 Å². The molecule has 0 aromatic carbocycles. The fourth-order valence-electron chi connectivity index (χ4n) is 2.27. The Hall–Kier alpha value is -0.560. The van der Waals surface area contributed by atoms with Gasteiger partial charge in [0.15, 0.2) is 0 Å². The monoisotopic (exact) mass is 298 g/mol. The first-order chi connectivity index (χ1) is 9.10. The van der Waals surface area contributed by atoms with Gasteiger partial charge in [-0.1, -0.05) is 19.1 Å². The molecule has 0 atom stereocenters. The standard InChI is InChI=1S/C13H22N4S2/c1-3-10-12(13(14)18)19-11(15-10)4-5-17-8-6-16(2)7-9-17/h3-9H2,1-2H3,(H2,14,18). The Bertz CT molecular complexity index is 436. The van der Waals surface area contributed by atoms with E-state index in [1.807, 2.05) is 0 Å². The molecule has 0 spiro atoms. The van der Waals surface area contributed by atoms with E-state index >= 15 is 0 Å². The van der Waals surface area contributed by atoms with Gasteiger partial charge in [-0.25, -0.2) is 4.98 Å². The van der Waals surface area contributed by atoms with Gasteiger partial charge in [0.25, 0.3) is 0 Å². The molecule has 1 aliphatic rings. The van der Waals surface area contributed by atoms with Gasteiger partial charge in [0.2, 0.25) is 0 Å². The number of piperazine rings is 1. The Morgan fingerprint density at radius 3 is 2.58 bits per heavy atom. The van der Waals surface area contributed by atoms with Gasteiger partial charge in [0.1, 0.15) is 4.99 Å². The largest absolute Gasteiger partial charge is 0.389 e. The quantitative estimate of drug-likeness (QED) is 0.826. The highest BCUT2D eigenvalue weighted by molar-refractivity contribution is 7.81. The van der Waals surface area contributed by atoms with E-state index in [1.54, 1.807) is 11.3 Å². The minimum atomic E-state index is 0.486. The van der Waals surface area contributed by atoms with Crippen molar-refractivity contribution in [2.75, 3.05) is 39.8 Å². The highest BCUT2D eigenvalue weighted by atomic mass is 32.1. The molecule has 0 aliphatic carbocycles. The van der Waals surface area contributed by atoms with Crippen LogP contribution in [0.2, 0.25) is 0 Å². The fourth-order valence-corrected chi connectivity index (χ4v) is 3.50. The van der Waals surface area contributed by atoms with Crippen LogP contribution in [-0.2, 0) is 12.8 Å². The number of rotatable bonds is 5. The number of aryl methyl sites for hydroxylation is 1. The molecular weight excluding hydrogens is 276 g/mol. The number of hydrogen-bond donors (Lipinski definition) is 1. The number of nitrogens with two attached hydrogens (primary N) is 1. The van der Waals surface area contributed by atoms with Crippen LogP contribution in [0.1, 0.15) is 22.5 Å². The predicted octanol–water partition coefficient (Wildman–Crippen LogP) is 1.13. The maximum atomic E-state index is 5.74. The molecule has 1 fully saturated rings. The molecule has 1 aromatic heterocycles. The number of aromatic nitrogens is 1. The van der Waals surface area contributed by atoms with Crippen molar-refractivity contribution in [3.8, 4) is 0 Å². The minimum Gasteiger partial charge on any atom is -0.389 e. The third kappa shape index (κ3) is 3.95. The molecule has 1 aromatic rings. The summed E-state index contributed by atoms with van der Waals surface area (Å²) in [5, 5.41) is 1.17. The highest BCUT2D eigenvalue weighted by Crippen LogP contribution is 2.20. The number of thiocarbonyl (C=S) groups is 1.